The van der Waals surface area contributed by atoms with Crippen molar-refractivity contribution < 1.29 is 18.7 Å². The van der Waals surface area contributed by atoms with Crippen LogP contribution in [-0.4, -0.2) is 24.8 Å². The molecule has 5 heteroatoms. The molecule has 0 saturated heterocycles. The van der Waals surface area contributed by atoms with Gasteiger partial charge < -0.3 is 10.1 Å². The molecule has 0 bridgehead atoms. The molecule has 1 aromatic carbocycles. The van der Waals surface area contributed by atoms with Crippen molar-refractivity contribution in [1.29, 1.82) is 0 Å². The van der Waals surface area contributed by atoms with Crippen molar-refractivity contribution in [2.75, 3.05) is 6.54 Å². The molecule has 0 aliphatic rings. The highest BCUT2D eigenvalue weighted by Gasteiger charge is 2.18. The van der Waals surface area contributed by atoms with E-state index in [1.165, 1.54) is 25.1 Å². The van der Waals surface area contributed by atoms with Crippen molar-refractivity contribution in [2.24, 2.45) is 0 Å². The molecule has 1 atom stereocenters. The van der Waals surface area contributed by atoms with Gasteiger partial charge in [0, 0.05) is 6.54 Å². The Kier molecular flexibility index (Phi) is 5.99. The van der Waals surface area contributed by atoms with Crippen LogP contribution in [-0.2, 0) is 4.79 Å². The monoisotopic (exact) mass is 267 g/mol. The van der Waals surface area contributed by atoms with Gasteiger partial charge in [0.05, 0.1) is 5.56 Å². The van der Waals surface area contributed by atoms with E-state index in [2.05, 4.69) is 5.32 Å². The average molecular weight is 267 g/mol. The number of nitrogens with one attached hydrogen (secondary N) is 1. The summed E-state index contributed by atoms with van der Waals surface area (Å²) in [5.74, 6) is -1.16. The van der Waals surface area contributed by atoms with Crippen LogP contribution in [0.4, 0.5) is 4.39 Å². The van der Waals surface area contributed by atoms with Crippen molar-refractivity contribution in [3.63, 3.8) is 0 Å². The summed E-state index contributed by atoms with van der Waals surface area (Å²) in [6.45, 7) is 4.09. The summed E-state index contributed by atoms with van der Waals surface area (Å²) < 4.78 is 18.8. The maximum atomic E-state index is 13.6. The number of rotatable bonds is 7. The Morgan fingerprint density at radius 1 is 1.53 bits per heavy atom. The van der Waals surface area contributed by atoms with Crippen molar-refractivity contribution in [2.45, 2.75) is 32.8 Å². The number of aldehydes is 1. The van der Waals surface area contributed by atoms with Crippen molar-refractivity contribution in [3.8, 4) is 5.75 Å². The second-order valence-electron chi connectivity index (χ2n) is 4.18. The zero-order valence-electron chi connectivity index (χ0n) is 11.1. The van der Waals surface area contributed by atoms with E-state index in [4.69, 9.17) is 4.74 Å². The minimum Gasteiger partial charge on any atom is -0.477 e. The van der Waals surface area contributed by atoms with Gasteiger partial charge in [0.1, 0.15) is 0 Å². The van der Waals surface area contributed by atoms with Gasteiger partial charge in [0.25, 0.3) is 5.91 Å². The Bertz CT molecular complexity index is 448. The van der Waals surface area contributed by atoms with E-state index in [0.29, 0.717) is 12.8 Å². The number of benzene rings is 1. The number of ether oxygens (including phenoxy) is 1. The SMILES string of the molecule is CCCCNC(=O)C(C)Oc1c(F)cccc1C=O. The first-order valence-corrected chi connectivity index (χ1v) is 6.28. The second kappa shape index (κ2) is 7.51. The number of carbonyl (C=O) groups is 2. The Morgan fingerprint density at radius 3 is 2.89 bits per heavy atom. The van der Waals surface area contributed by atoms with Crippen LogP contribution < -0.4 is 10.1 Å². The summed E-state index contributed by atoms with van der Waals surface area (Å²) in [6, 6.07) is 4.04. The fourth-order valence-corrected chi connectivity index (χ4v) is 1.51. The summed E-state index contributed by atoms with van der Waals surface area (Å²) in [4.78, 5) is 22.5. The molecule has 1 unspecified atom stereocenters. The van der Waals surface area contributed by atoms with Gasteiger partial charge in [-0.1, -0.05) is 19.4 Å². The number of unbranched alkanes of at least 4 members (excludes halogenated alkanes) is 1. The fraction of sp³-hybridized carbons (Fsp3) is 0.429. The highest BCUT2D eigenvalue weighted by Crippen LogP contribution is 2.22. The molecule has 0 aliphatic heterocycles. The van der Waals surface area contributed by atoms with Crippen LogP contribution in [0.3, 0.4) is 0 Å². The summed E-state index contributed by atoms with van der Waals surface area (Å²) in [6.07, 6.45) is 1.49. The Hall–Kier alpha value is -1.91. The molecule has 0 heterocycles. The molecule has 0 fully saturated rings. The van der Waals surface area contributed by atoms with Crippen LogP contribution >= 0.6 is 0 Å². The van der Waals surface area contributed by atoms with Crippen LogP contribution in [0.25, 0.3) is 0 Å². The van der Waals surface area contributed by atoms with E-state index in [-0.39, 0.29) is 17.2 Å². The van der Waals surface area contributed by atoms with Crippen LogP contribution in [0, 0.1) is 5.82 Å². The topological polar surface area (TPSA) is 55.4 Å². The first-order valence-electron chi connectivity index (χ1n) is 6.28. The zero-order chi connectivity index (χ0) is 14.3. The molecule has 1 aromatic rings. The van der Waals surface area contributed by atoms with Gasteiger partial charge in [-0.15, -0.1) is 0 Å². The highest BCUT2D eigenvalue weighted by atomic mass is 19.1. The van der Waals surface area contributed by atoms with Gasteiger partial charge in [-0.3, -0.25) is 9.59 Å². The third kappa shape index (κ3) is 4.35. The normalized spacial score (nSPS) is 11.7. The van der Waals surface area contributed by atoms with Gasteiger partial charge in [-0.05, 0) is 25.5 Å². The molecule has 0 spiro atoms. The minimum absolute atomic E-state index is 0.0909. The Labute approximate surface area is 112 Å². The summed E-state index contributed by atoms with van der Waals surface area (Å²) in [5.41, 5.74) is 0.0909. The number of amides is 1. The molecule has 0 saturated carbocycles. The molecular weight excluding hydrogens is 249 g/mol. The quantitative estimate of drug-likeness (QED) is 0.609. The molecule has 0 radical (unpaired) electrons. The number of carbonyl (C=O) groups excluding carboxylic acids is 2. The molecule has 1 rings (SSSR count). The van der Waals surface area contributed by atoms with Crippen LogP contribution in [0.2, 0.25) is 0 Å². The van der Waals surface area contributed by atoms with E-state index in [1.54, 1.807) is 0 Å². The molecule has 1 N–H and O–H groups in total. The lowest BCUT2D eigenvalue weighted by Gasteiger charge is -2.16. The molecular formula is C14H18FNO3. The predicted octanol–water partition coefficient (Wildman–Crippen LogP) is 2.32. The Balaban J connectivity index is 2.68. The lowest BCUT2D eigenvalue weighted by atomic mass is 10.2. The van der Waals surface area contributed by atoms with Gasteiger partial charge in [-0.2, -0.15) is 0 Å². The smallest absolute Gasteiger partial charge is 0.260 e. The van der Waals surface area contributed by atoms with E-state index in [0.717, 1.165) is 12.8 Å². The predicted molar refractivity (Wildman–Crippen MR) is 69.8 cm³/mol. The summed E-state index contributed by atoms with van der Waals surface area (Å²) in [7, 11) is 0. The molecule has 0 aliphatic carbocycles. The summed E-state index contributed by atoms with van der Waals surface area (Å²) in [5, 5.41) is 2.69. The number of hydrogen-bond acceptors (Lipinski definition) is 3. The van der Waals surface area contributed by atoms with Crippen LogP contribution in [0.5, 0.6) is 5.75 Å². The van der Waals surface area contributed by atoms with Gasteiger partial charge in [0.15, 0.2) is 24.0 Å². The lowest BCUT2D eigenvalue weighted by Crippen LogP contribution is -2.37. The van der Waals surface area contributed by atoms with E-state index >= 15 is 0 Å². The van der Waals surface area contributed by atoms with Crippen molar-refractivity contribution in [3.05, 3.63) is 29.6 Å². The van der Waals surface area contributed by atoms with Crippen molar-refractivity contribution in [1.82, 2.24) is 5.32 Å². The lowest BCUT2D eigenvalue weighted by molar-refractivity contribution is -0.127. The molecule has 1 amide bonds. The number of para-hydroxylation sites is 1. The molecule has 19 heavy (non-hydrogen) atoms. The first-order chi connectivity index (χ1) is 9.10. The zero-order valence-corrected chi connectivity index (χ0v) is 11.1. The van der Waals surface area contributed by atoms with Gasteiger partial charge in [-0.25, -0.2) is 4.39 Å². The number of hydrogen-bond donors (Lipinski definition) is 1. The summed E-state index contributed by atoms with van der Waals surface area (Å²) >= 11 is 0. The highest BCUT2D eigenvalue weighted by molar-refractivity contribution is 5.82. The minimum atomic E-state index is -0.854. The fourth-order valence-electron chi connectivity index (χ4n) is 1.51. The third-order valence-electron chi connectivity index (χ3n) is 2.62. The first kappa shape index (κ1) is 15.1. The third-order valence-corrected chi connectivity index (χ3v) is 2.62. The van der Waals surface area contributed by atoms with E-state index < -0.39 is 11.9 Å². The second-order valence-corrected chi connectivity index (χ2v) is 4.18. The molecule has 4 nitrogen and oxygen atoms in total. The van der Waals surface area contributed by atoms with Gasteiger partial charge >= 0.3 is 0 Å². The van der Waals surface area contributed by atoms with E-state index in [1.807, 2.05) is 6.92 Å². The molecule has 0 aromatic heterocycles. The standard InChI is InChI=1S/C14H18FNO3/c1-3-4-8-16-14(18)10(2)19-13-11(9-17)6-5-7-12(13)15/h5-7,9-10H,3-4,8H2,1-2H3,(H,16,18). The van der Waals surface area contributed by atoms with Crippen LogP contribution in [0.15, 0.2) is 18.2 Å². The largest absolute Gasteiger partial charge is 0.477 e. The Morgan fingerprint density at radius 2 is 2.26 bits per heavy atom. The van der Waals surface area contributed by atoms with Crippen molar-refractivity contribution >= 4 is 12.2 Å². The van der Waals surface area contributed by atoms with Gasteiger partial charge in [0.2, 0.25) is 0 Å². The van der Waals surface area contributed by atoms with E-state index in [9.17, 15) is 14.0 Å². The van der Waals surface area contributed by atoms with Crippen LogP contribution in [0.1, 0.15) is 37.0 Å². The number of halogens is 1. The maximum Gasteiger partial charge on any atom is 0.260 e. The molecule has 104 valence electrons. The average Bonchev–Trinajstić information content (AvgIpc) is 2.41. The maximum absolute atomic E-state index is 13.6.